The number of nitrogens with one attached hydrogen (secondary N) is 1. The van der Waals surface area contributed by atoms with Crippen LogP contribution in [0.15, 0.2) is 42.6 Å². The third-order valence-electron chi connectivity index (χ3n) is 7.78. The molecule has 0 spiro atoms. The number of methoxy groups -OCH3 is 1. The Morgan fingerprint density at radius 2 is 1.75 bits per heavy atom. The van der Waals surface area contributed by atoms with Gasteiger partial charge in [-0.3, -0.25) is 19.9 Å². The van der Waals surface area contributed by atoms with Crippen molar-refractivity contribution in [1.82, 2.24) is 15.4 Å². The van der Waals surface area contributed by atoms with E-state index >= 15 is 4.39 Å². The van der Waals surface area contributed by atoms with E-state index in [1.54, 1.807) is 28.6 Å². The van der Waals surface area contributed by atoms with Crippen molar-refractivity contribution in [2.75, 3.05) is 26.7 Å². The van der Waals surface area contributed by atoms with Crippen LogP contribution in [0.25, 0.3) is 10.9 Å². The summed E-state index contributed by atoms with van der Waals surface area (Å²) < 4.78 is 99.8. The van der Waals surface area contributed by atoms with Crippen molar-refractivity contribution in [2.45, 2.75) is 44.2 Å². The first-order chi connectivity index (χ1) is 20.7. The number of hydroxylamine groups is 1. The number of rotatable bonds is 7. The lowest BCUT2D eigenvalue weighted by Gasteiger charge is -2.40. The number of fused-ring (bicyclic) bond motifs is 1. The molecule has 0 saturated carbocycles. The summed E-state index contributed by atoms with van der Waals surface area (Å²) in [5.41, 5.74) is -2.12. The number of benzene rings is 2. The molecule has 4 rings (SSSR count). The predicted octanol–water partition coefficient (Wildman–Crippen LogP) is 7.36. The van der Waals surface area contributed by atoms with Crippen LogP contribution in [0.1, 0.15) is 54.1 Å². The van der Waals surface area contributed by atoms with E-state index in [1.165, 1.54) is 13.3 Å². The van der Waals surface area contributed by atoms with E-state index in [9.17, 15) is 36.3 Å². The maximum Gasteiger partial charge on any atom is 0.416 e. The van der Waals surface area contributed by atoms with Crippen molar-refractivity contribution in [2.24, 2.45) is 5.41 Å². The Hall–Kier alpha value is -3.60. The zero-order chi connectivity index (χ0) is 32.3. The van der Waals surface area contributed by atoms with E-state index in [1.807, 2.05) is 0 Å². The lowest BCUT2D eigenvalue weighted by atomic mass is 9.73. The summed E-state index contributed by atoms with van der Waals surface area (Å²) in [7, 11) is 1.47. The summed E-state index contributed by atoms with van der Waals surface area (Å²) >= 11 is 6.32. The number of hydrogen-bond donors (Lipinski definition) is 2. The minimum Gasteiger partial charge on any atom is -0.497 e. The molecule has 2 N–H and O–H groups in total. The maximum atomic E-state index is 15.7. The second kappa shape index (κ2) is 13.2. The van der Waals surface area contributed by atoms with E-state index in [0.717, 1.165) is 0 Å². The van der Waals surface area contributed by atoms with E-state index in [2.05, 4.69) is 16.8 Å². The number of carbonyl (C=O) groups is 1. The van der Waals surface area contributed by atoms with Gasteiger partial charge in [0.2, 0.25) is 5.91 Å². The quantitative estimate of drug-likeness (QED) is 0.122. The summed E-state index contributed by atoms with van der Waals surface area (Å²) in [4.78, 5) is 18.7. The van der Waals surface area contributed by atoms with E-state index in [0.29, 0.717) is 28.8 Å². The first-order valence-corrected chi connectivity index (χ1v) is 13.8. The van der Waals surface area contributed by atoms with Crippen LogP contribution in [0.2, 0.25) is 5.02 Å². The standard InChI is InChI=1S/C30H27ClF7N3O3/c1-44-21-4-5-25-22(16-21)26(23(31)17-39-25)24(32)6-7-28(27(42)40-43)8-11-41(12-9-28)10-2-3-18-13-19(29(33,34)35)15-20(14-18)30(36,37)38/h4-5,13-17,24,43H,6-12H2,1H3,(H,40,42)/t24-/m1/s1. The largest absolute Gasteiger partial charge is 0.497 e. The fraction of sp³-hybridized carbons (Fsp3) is 0.400. The van der Waals surface area contributed by atoms with Gasteiger partial charge < -0.3 is 4.74 Å². The molecular weight excluding hydrogens is 619 g/mol. The van der Waals surface area contributed by atoms with Crippen LogP contribution < -0.4 is 10.2 Å². The lowest BCUT2D eigenvalue weighted by Crippen LogP contribution is -2.48. The van der Waals surface area contributed by atoms with Gasteiger partial charge in [0.25, 0.3) is 0 Å². The monoisotopic (exact) mass is 645 g/mol. The highest BCUT2D eigenvalue weighted by molar-refractivity contribution is 6.32. The summed E-state index contributed by atoms with van der Waals surface area (Å²) in [5, 5.41) is 10.0. The Balaban J connectivity index is 1.46. The van der Waals surface area contributed by atoms with Crippen LogP contribution in [0.5, 0.6) is 5.75 Å². The molecule has 0 unspecified atom stereocenters. The number of hydrogen-bond acceptors (Lipinski definition) is 5. The topological polar surface area (TPSA) is 74.7 Å². The molecule has 1 atom stereocenters. The Morgan fingerprint density at radius 3 is 2.32 bits per heavy atom. The van der Waals surface area contributed by atoms with Crippen molar-refractivity contribution in [3.8, 4) is 17.6 Å². The molecule has 1 amide bonds. The van der Waals surface area contributed by atoms with Crippen LogP contribution in [0, 0.1) is 17.3 Å². The smallest absolute Gasteiger partial charge is 0.416 e. The minimum atomic E-state index is -4.98. The summed E-state index contributed by atoms with van der Waals surface area (Å²) in [6.07, 6.45) is -9.89. The van der Waals surface area contributed by atoms with Gasteiger partial charge >= 0.3 is 12.4 Å². The van der Waals surface area contributed by atoms with E-state index in [4.69, 9.17) is 16.3 Å². The van der Waals surface area contributed by atoms with Crippen molar-refractivity contribution in [3.63, 3.8) is 0 Å². The Labute approximate surface area is 253 Å². The van der Waals surface area contributed by atoms with E-state index in [-0.39, 0.29) is 62.0 Å². The molecule has 14 heteroatoms. The van der Waals surface area contributed by atoms with Crippen molar-refractivity contribution >= 4 is 28.4 Å². The Bertz CT molecular complexity index is 1540. The van der Waals surface area contributed by atoms with Crippen molar-refractivity contribution in [1.29, 1.82) is 0 Å². The first kappa shape index (κ1) is 33.3. The Kier molecular flexibility index (Phi) is 9.97. The number of alkyl halides is 7. The molecule has 1 fully saturated rings. The van der Waals surface area contributed by atoms with Crippen molar-refractivity contribution in [3.05, 3.63) is 69.9 Å². The highest BCUT2D eigenvalue weighted by Crippen LogP contribution is 2.42. The van der Waals surface area contributed by atoms with Gasteiger partial charge in [-0.25, -0.2) is 9.87 Å². The van der Waals surface area contributed by atoms with Gasteiger partial charge in [0.05, 0.1) is 40.7 Å². The molecule has 1 aliphatic heterocycles. The van der Waals surface area contributed by atoms with Gasteiger partial charge in [0, 0.05) is 35.8 Å². The number of nitrogens with zero attached hydrogens (tertiary/aromatic N) is 2. The number of ether oxygens (including phenoxy) is 1. The molecule has 1 aromatic heterocycles. The molecule has 3 aromatic rings. The molecule has 0 bridgehead atoms. The molecule has 0 radical (unpaired) electrons. The van der Waals surface area contributed by atoms with Gasteiger partial charge in [0.15, 0.2) is 0 Å². The average Bonchev–Trinajstić information content (AvgIpc) is 2.98. The van der Waals surface area contributed by atoms with Crippen LogP contribution in [0.4, 0.5) is 30.7 Å². The molecular formula is C30H27ClF7N3O3. The zero-order valence-electron chi connectivity index (χ0n) is 23.3. The molecule has 6 nitrogen and oxygen atoms in total. The molecule has 0 aliphatic carbocycles. The van der Waals surface area contributed by atoms with Crippen LogP contribution in [-0.2, 0) is 17.1 Å². The summed E-state index contributed by atoms with van der Waals surface area (Å²) in [6.45, 7) is 0.512. The number of aromatic nitrogens is 1. The number of pyridine rings is 1. The third-order valence-corrected chi connectivity index (χ3v) is 8.08. The summed E-state index contributed by atoms with van der Waals surface area (Å²) in [6, 6.07) is 6.11. The van der Waals surface area contributed by atoms with Crippen LogP contribution in [-0.4, -0.2) is 47.7 Å². The number of halogens is 8. The number of piperidine rings is 1. The number of carbonyl (C=O) groups excluding carboxylic acids is 1. The fourth-order valence-corrected chi connectivity index (χ4v) is 5.56. The summed E-state index contributed by atoms with van der Waals surface area (Å²) in [5.74, 6) is 4.77. The maximum absolute atomic E-state index is 15.7. The molecule has 1 saturated heterocycles. The van der Waals surface area contributed by atoms with Gasteiger partial charge in [-0.1, -0.05) is 23.4 Å². The van der Waals surface area contributed by atoms with Gasteiger partial charge in [-0.05, 0) is 62.1 Å². The Morgan fingerprint density at radius 1 is 1.11 bits per heavy atom. The lowest BCUT2D eigenvalue weighted by molar-refractivity contribution is -0.144. The highest BCUT2D eigenvalue weighted by atomic mass is 35.5. The minimum absolute atomic E-state index is 0.000598. The highest BCUT2D eigenvalue weighted by Gasteiger charge is 2.42. The predicted molar refractivity (Wildman–Crippen MR) is 148 cm³/mol. The van der Waals surface area contributed by atoms with Crippen molar-refractivity contribution < 1.29 is 45.5 Å². The van der Waals surface area contributed by atoms with Crippen LogP contribution in [0.3, 0.4) is 0 Å². The number of amides is 1. The first-order valence-electron chi connectivity index (χ1n) is 13.4. The molecule has 44 heavy (non-hydrogen) atoms. The SMILES string of the molecule is COc1ccc2ncc(Cl)c([C@H](F)CCC3(C(=O)NO)CCN(CC#Cc4cc(C(F)(F)F)cc(C(F)(F)F)c4)CC3)c2c1. The number of likely N-dealkylation sites (tertiary alicyclic amines) is 1. The molecule has 2 aromatic carbocycles. The van der Waals surface area contributed by atoms with Gasteiger partial charge in [-0.15, -0.1) is 0 Å². The second-order valence-corrected chi connectivity index (χ2v) is 10.9. The normalized spacial score (nSPS) is 16.2. The molecule has 2 heterocycles. The average molecular weight is 646 g/mol. The van der Waals surface area contributed by atoms with Gasteiger partial charge in [-0.2, -0.15) is 26.3 Å². The third kappa shape index (κ3) is 7.54. The van der Waals surface area contributed by atoms with E-state index < -0.39 is 46.5 Å². The fourth-order valence-electron chi connectivity index (χ4n) is 5.29. The molecule has 1 aliphatic rings. The second-order valence-electron chi connectivity index (χ2n) is 10.5. The molecule has 236 valence electrons. The zero-order valence-corrected chi connectivity index (χ0v) is 24.0. The van der Waals surface area contributed by atoms with Gasteiger partial charge in [0.1, 0.15) is 11.9 Å². The van der Waals surface area contributed by atoms with Crippen LogP contribution >= 0.6 is 11.6 Å².